The van der Waals surface area contributed by atoms with Crippen LogP contribution in [0.5, 0.6) is 5.75 Å². The van der Waals surface area contributed by atoms with E-state index >= 15 is 0 Å². The van der Waals surface area contributed by atoms with Crippen molar-refractivity contribution in [3.8, 4) is 5.75 Å². The number of benzene rings is 1. The maximum atomic E-state index is 12.4. The van der Waals surface area contributed by atoms with Crippen molar-refractivity contribution >= 4 is 0 Å². The Hall–Kier alpha value is -1.20. The van der Waals surface area contributed by atoms with Gasteiger partial charge in [-0.3, -0.25) is 0 Å². The zero-order valence-corrected chi connectivity index (χ0v) is 12.5. The lowest BCUT2D eigenvalue weighted by molar-refractivity contribution is -0.0506. The van der Waals surface area contributed by atoms with Gasteiger partial charge in [0.1, 0.15) is 5.75 Å². The third kappa shape index (κ3) is 5.25. The predicted octanol–water partition coefficient (Wildman–Crippen LogP) is 3.42. The van der Waals surface area contributed by atoms with Crippen molar-refractivity contribution in [1.29, 1.82) is 0 Å². The fourth-order valence-corrected chi connectivity index (χ4v) is 2.77. The zero-order valence-electron chi connectivity index (χ0n) is 12.5. The van der Waals surface area contributed by atoms with Crippen LogP contribution in [0.25, 0.3) is 0 Å². The molecular weight excluding hydrogens is 274 g/mol. The normalized spacial score (nSPS) is 17.9. The smallest absolute Gasteiger partial charge is 0.387 e. The Morgan fingerprint density at radius 2 is 1.90 bits per heavy atom. The molecule has 0 bridgehead atoms. The third-order valence-corrected chi connectivity index (χ3v) is 3.93. The van der Waals surface area contributed by atoms with Gasteiger partial charge < -0.3 is 15.0 Å². The molecule has 0 radical (unpaired) electrons. The van der Waals surface area contributed by atoms with Gasteiger partial charge in [-0.25, -0.2) is 0 Å². The highest BCUT2D eigenvalue weighted by molar-refractivity contribution is 5.35. The molecule has 1 atom stereocenters. The summed E-state index contributed by atoms with van der Waals surface area (Å²) >= 11 is 0. The van der Waals surface area contributed by atoms with Crippen molar-refractivity contribution in [3.05, 3.63) is 29.8 Å². The Morgan fingerprint density at radius 1 is 1.19 bits per heavy atom. The maximum absolute atomic E-state index is 12.4. The number of nitrogens with one attached hydrogen (secondary N) is 1. The summed E-state index contributed by atoms with van der Waals surface area (Å²) < 4.78 is 29.4. The van der Waals surface area contributed by atoms with Crippen molar-refractivity contribution in [3.63, 3.8) is 0 Å². The second-order valence-corrected chi connectivity index (χ2v) is 5.49. The van der Waals surface area contributed by atoms with Crippen LogP contribution in [-0.2, 0) is 0 Å². The van der Waals surface area contributed by atoms with Crippen LogP contribution in [0.2, 0.25) is 0 Å². The number of alkyl halides is 2. The van der Waals surface area contributed by atoms with Crippen molar-refractivity contribution in [2.75, 3.05) is 26.2 Å². The lowest BCUT2D eigenvalue weighted by Gasteiger charge is -2.27. The molecule has 0 amide bonds. The minimum Gasteiger partial charge on any atom is -0.434 e. The Morgan fingerprint density at radius 3 is 2.62 bits per heavy atom. The molecular formula is C16H24F2N2O. The van der Waals surface area contributed by atoms with Gasteiger partial charge in [-0.1, -0.05) is 24.6 Å². The Labute approximate surface area is 125 Å². The molecule has 118 valence electrons. The summed E-state index contributed by atoms with van der Waals surface area (Å²) in [6.45, 7) is 3.38. The molecule has 0 spiro atoms. The van der Waals surface area contributed by atoms with Gasteiger partial charge in [0.15, 0.2) is 0 Å². The van der Waals surface area contributed by atoms with Gasteiger partial charge in [-0.05, 0) is 38.9 Å². The quantitative estimate of drug-likeness (QED) is 0.834. The minimum atomic E-state index is -2.79. The molecule has 1 unspecified atom stereocenters. The van der Waals surface area contributed by atoms with Crippen LogP contribution in [0, 0.1) is 0 Å². The van der Waals surface area contributed by atoms with E-state index in [2.05, 4.69) is 15.0 Å². The molecule has 1 aromatic carbocycles. The van der Waals surface area contributed by atoms with Crippen LogP contribution < -0.4 is 10.1 Å². The first-order valence-corrected chi connectivity index (χ1v) is 7.66. The fourth-order valence-electron chi connectivity index (χ4n) is 2.77. The van der Waals surface area contributed by atoms with Crippen molar-refractivity contribution < 1.29 is 13.5 Å². The lowest BCUT2D eigenvalue weighted by Crippen LogP contribution is -2.36. The number of hydrogen-bond donors (Lipinski definition) is 1. The van der Waals surface area contributed by atoms with E-state index in [1.54, 1.807) is 12.1 Å². The van der Waals surface area contributed by atoms with Crippen LogP contribution in [0.3, 0.4) is 0 Å². The van der Waals surface area contributed by atoms with E-state index in [9.17, 15) is 8.78 Å². The lowest BCUT2D eigenvalue weighted by atomic mass is 10.1. The van der Waals surface area contributed by atoms with Gasteiger partial charge in [-0.15, -0.1) is 0 Å². The summed E-state index contributed by atoms with van der Waals surface area (Å²) in [7, 11) is 0. The van der Waals surface area contributed by atoms with E-state index in [4.69, 9.17) is 0 Å². The molecule has 0 aliphatic carbocycles. The summed E-state index contributed by atoms with van der Waals surface area (Å²) in [5.74, 6) is 0.255. The summed E-state index contributed by atoms with van der Waals surface area (Å²) in [4.78, 5) is 2.45. The van der Waals surface area contributed by atoms with Crippen LogP contribution in [0.15, 0.2) is 24.3 Å². The van der Waals surface area contributed by atoms with E-state index in [0.29, 0.717) is 0 Å². The van der Waals surface area contributed by atoms with Gasteiger partial charge in [-0.2, -0.15) is 8.78 Å². The Balaban J connectivity index is 1.83. The number of nitrogens with zero attached hydrogens (tertiary/aromatic N) is 1. The average Bonchev–Trinajstić information content (AvgIpc) is 2.48. The highest BCUT2D eigenvalue weighted by atomic mass is 19.3. The second kappa shape index (κ2) is 8.29. The molecule has 1 N–H and O–H groups in total. The molecule has 3 nitrogen and oxygen atoms in total. The first-order chi connectivity index (χ1) is 10.2. The summed E-state index contributed by atoms with van der Waals surface area (Å²) in [5, 5.41) is 3.39. The highest BCUT2D eigenvalue weighted by Gasteiger charge is 2.15. The Kier molecular flexibility index (Phi) is 6.39. The monoisotopic (exact) mass is 298 g/mol. The minimum absolute atomic E-state index is 0.00950. The molecule has 1 heterocycles. The number of hydrogen-bond acceptors (Lipinski definition) is 3. The standard InChI is InChI=1S/C16H24F2N2O/c1-13(19-9-12-20-10-5-2-6-11-20)14-7-3-4-8-15(14)21-16(17)18/h3-4,7-8,13,16,19H,2,5-6,9-12H2,1H3. The van der Waals surface area contributed by atoms with E-state index in [-0.39, 0.29) is 11.8 Å². The average molecular weight is 298 g/mol. The number of halogens is 2. The van der Waals surface area contributed by atoms with Gasteiger partial charge in [0, 0.05) is 24.7 Å². The molecule has 21 heavy (non-hydrogen) atoms. The zero-order chi connectivity index (χ0) is 15.1. The van der Waals surface area contributed by atoms with E-state index in [0.717, 1.165) is 18.7 Å². The van der Waals surface area contributed by atoms with Gasteiger partial charge in [0.05, 0.1) is 0 Å². The summed E-state index contributed by atoms with van der Waals surface area (Å²) in [6, 6.07) is 6.96. The number of para-hydroxylation sites is 1. The van der Waals surface area contributed by atoms with Gasteiger partial charge >= 0.3 is 6.61 Å². The number of ether oxygens (including phenoxy) is 1. The molecule has 1 aliphatic heterocycles. The molecule has 2 rings (SSSR count). The van der Waals surface area contributed by atoms with E-state index in [1.807, 2.05) is 19.1 Å². The topological polar surface area (TPSA) is 24.5 Å². The van der Waals surface area contributed by atoms with Crippen molar-refractivity contribution in [2.45, 2.75) is 38.8 Å². The first-order valence-electron chi connectivity index (χ1n) is 7.66. The predicted molar refractivity (Wildman–Crippen MR) is 79.8 cm³/mol. The van der Waals surface area contributed by atoms with Crippen molar-refractivity contribution in [2.24, 2.45) is 0 Å². The largest absolute Gasteiger partial charge is 0.434 e. The number of piperidine rings is 1. The Bertz CT molecular complexity index is 422. The maximum Gasteiger partial charge on any atom is 0.387 e. The molecule has 1 aromatic rings. The third-order valence-electron chi connectivity index (χ3n) is 3.93. The molecule has 0 aromatic heterocycles. The van der Waals surface area contributed by atoms with Crippen LogP contribution in [0.1, 0.15) is 37.8 Å². The molecule has 1 fully saturated rings. The SMILES string of the molecule is CC(NCCN1CCCCC1)c1ccccc1OC(F)F. The summed E-state index contributed by atoms with van der Waals surface area (Å²) in [6.07, 6.45) is 3.89. The number of likely N-dealkylation sites (tertiary alicyclic amines) is 1. The van der Waals surface area contributed by atoms with E-state index in [1.165, 1.54) is 32.4 Å². The molecule has 0 saturated carbocycles. The van der Waals surface area contributed by atoms with Crippen LogP contribution in [-0.4, -0.2) is 37.7 Å². The van der Waals surface area contributed by atoms with Crippen LogP contribution >= 0.6 is 0 Å². The highest BCUT2D eigenvalue weighted by Crippen LogP contribution is 2.26. The van der Waals surface area contributed by atoms with Crippen molar-refractivity contribution in [1.82, 2.24) is 10.2 Å². The summed E-state index contributed by atoms with van der Waals surface area (Å²) in [5.41, 5.74) is 0.774. The van der Waals surface area contributed by atoms with E-state index < -0.39 is 6.61 Å². The fraction of sp³-hybridized carbons (Fsp3) is 0.625. The van der Waals surface area contributed by atoms with Gasteiger partial charge in [0.25, 0.3) is 0 Å². The molecule has 1 aliphatic rings. The first kappa shape index (κ1) is 16.2. The molecule has 1 saturated heterocycles. The number of rotatable bonds is 7. The second-order valence-electron chi connectivity index (χ2n) is 5.49. The van der Waals surface area contributed by atoms with Crippen LogP contribution in [0.4, 0.5) is 8.78 Å². The molecule has 5 heteroatoms. The van der Waals surface area contributed by atoms with Gasteiger partial charge in [0.2, 0.25) is 0 Å².